The van der Waals surface area contributed by atoms with Gasteiger partial charge in [0.15, 0.2) is 6.10 Å². The van der Waals surface area contributed by atoms with Gasteiger partial charge in [0.05, 0.1) is 13.2 Å². The second kappa shape index (κ2) is 8.64. The van der Waals surface area contributed by atoms with Crippen molar-refractivity contribution in [3.8, 4) is 5.75 Å². The van der Waals surface area contributed by atoms with E-state index in [4.69, 9.17) is 9.47 Å². The highest BCUT2D eigenvalue weighted by Crippen LogP contribution is 2.10. The van der Waals surface area contributed by atoms with Gasteiger partial charge in [0.25, 0.3) is 5.91 Å². The third-order valence-corrected chi connectivity index (χ3v) is 3.48. The van der Waals surface area contributed by atoms with Gasteiger partial charge in [0.2, 0.25) is 0 Å². The monoisotopic (exact) mass is 292 g/mol. The number of carbonyl (C=O) groups excluding carboxylic acids is 1. The molecule has 1 heterocycles. The SMILES string of the molecule is C[C@@H](Oc1ccccc1)C(=O)NCCCN1CCOCC1. The predicted octanol–water partition coefficient (Wildman–Crippen LogP) is 1.29. The van der Waals surface area contributed by atoms with E-state index >= 15 is 0 Å². The van der Waals surface area contributed by atoms with Crippen molar-refractivity contribution in [2.24, 2.45) is 0 Å². The highest BCUT2D eigenvalue weighted by Gasteiger charge is 2.14. The molecule has 0 bridgehead atoms. The average molecular weight is 292 g/mol. The largest absolute Gasteiger partial charge is 0.481 e. The minimum Gasteiger partial charge on any atom is -0.481 e. The number of carbonyl (C=O) groups is 1. The van der Waals surface area contributed by atoms with E-state index in [1.54, 1.807) is 6.92 Å². The molecule has 1 aromatic carbocycles. The summed E-state index contributed by atoms with van der Waals surface area (Å²) in [6.45, 7) is 7.05. The zero-order chi connectivity index (χ0) is 14.9. The van der Waals surface area contributed by atoms with Crippen molar-refractivity contribution < 1.29 is 14.3 Å². The summed E-state index contributed by atoms with van der Waals surface area (Å²) in [5, 5.41) is 2.92. The smallest absolute Gasteiger partial charge is 0.260 e. The van der Waals surface area contributed by atoms with Crippen molar-refractivity contribution in [3.63, 3.8) is 0 Å². The summed E-state index contributed by atoms with van der Waals surface area (Å²) in [6.07, 6.45) is 0.472. The van der Waals surface area contributed by atoms with Gasteiger partial charge in [-0.15, -0.1) is 0 Å². The molecule has 21 heavy (non-hydrogen) atoms. The number of nitrogens with zero attached hydrogens (tertiary/aromatic N) is 1. The fourth-order valence-electron chi connectivity index (χ4n) is 2.24. The van der Waals surface area contributed by atoms with E-state index in [-0.39, 0.29) is 5.91 Å². The molecule has 0 spiro atoms. The first-order chi connectivity index (χ1) is 10.3. The van der Waals surface area contributed by atoms with Gasteiger partial charge >= 0.3 is 0 Å². The molecule has 116 valence electrons. The highest BCUT2D eigenvalue weighted by atomic mass is 16.5. The van der Waals surface area contributed by atoms with Gasteiger partial charge in [-0.3, -0.25) is 9.69 Å². The summed E-state index contributed by atoms with van der Waals surface area (Å²) in [7, 11) is 0. The van der Waals surface area contributed by atoms with Crippen LogP contribution in [0.25, 0.3) is 0 Å². The van der Waals surface area contributed by atoms with Crippen molar-refractivity contribution in [3.05, 3.63) is 30.3 Å². The number of hydrogen-bond acceptors (Lipinski definition) is 4. The van der Waals surface area contributed by atoms with Gasteiger partial charge in [-0.05, 0) is 32.0 Å². The molecule has 1 fully saturated rings. The summed E-state index contributed by atoms with van der Waals surface area (Å²) in [6, 6.07) is 9.40. The number of benzene rings is 1. The standard InChI is InChI=1S/C16H24N2O3/c1-14(21-15-6-3-2-4-7-15)16(19)17-8-5-9-18-10-12-20-13-11-18/h2-4,6-7,14H,5,8-13H2,1H3,(H,17,19)/t14-/m1/s1. The Kier molecular flexibility index (Phi) is 6.50. The van der Waals surface area contributed by atoms with Crippen LogP contribution in [0.4, 0.5) is 0 Å². The number of rotatable bonds is 7. The second-order valence-electron chi connectivity index (χ2n) is 5.17. The molecule has 1 saturated heterocycles. The lowest BCUT2D eigenvalue weighted by molar-refractivity contribution is -0.127. The quantitative estimate of drug-likeness (QED) is 0.770. The normalized spacial score (nSPS) is 17.2. The maximum Gasteiger partial charge on any atom is 0.260 e. The molecule has 2 rings (SSSR count). The Balaban J connectivity index is 1.60. The maximum atomic E-state index is 11.9. The summed E-state index contributed by atoms with van der Waals surface area (Å²) < 4.78 is 10.9. The molecule has 1 aliphatic rings. The van der Waals surface area contributed by atoms with Crippen LogP contribution in [0.3, 0.4) is 0 Å². The fourth-order valence-corrected chi connectivity index (χ4v) is 2.24. The topological polar surface area (TPSA) is 50.8 Å². The van der Waals surface area contributed by atoms with Gasteiger partial charge < -0.3 is 14.8 Å². The van der Waals surface area contributed by atoms with Crippen LogP contribution in [0.2, 0.25) is 0 Å². The highest BCUT2D eigenvalue weighted by molar-refractivity contribution is 5.80. The Morgan fingerprint density at radius 1 is 1.33 bits per heavy atom. The third kappa shape index (κ3) is 5.73. The molecule has 1 amide bonds. The maximum absolute atomic E-state index is 11.9. The lowest BCUT2D eigenvalue weighted by Gasteiger charge is -2.26. The van der Waals surface area contributed by atoms with E-state index in [9.17, 15) is 4.79 Å². The van der Waals surface area contributed by atoms with Gasteiger partial charge in [-0.2, -0.15) is 0 Å². The van der Waals surface area contributed by atoms with Crippen LogP contribution in [0.15, 0.2) is 30.3 Å². The van der Waals surface area contributed by atoms with Crippen LogP contribution >= 0.6 is 0 Å². The number of ether oxygens (including phenoxy) is 2. The van der Waals surface area contributed by atoms with E-state index in [0.717, 1.165) is 39.3 Å². The summed E-state index contributed by atoms with van der Waals surface area (Å²) in [5.41, 5.74) is 0. The first-order valence-electron chi connectivity index (χ1n) is 7.55. The molecular weight excluding hydrogens is 268 g/mol. The molecular formula is C16H24N2O3. The summed E-state index contributed by atoms with van der Waals surface area (Å²) in [4.78, 5) is 14.3. The molecule has 1 aliphatic heterocycles. The van der Waals surface area contributed by atoms with Gasteiger partial charge in [-0.25, -0.2) is 0 Å². The number of morpholine rings is 1. The van der Waals surface area contributed by atoms with Crippen molar-refractivity contribution >= 4 is 5.91 Å². The Hall–Kier alpha value is -1.59. The lowest BCUT2D eigenvalue weighted by Crippen LogP contribution is -2.40. The average Bonchev–Trinajstić information content (AvgIpc) is 2.53. The Morgan fingerprint density at radius 3 is 2.76 bits per heavy atom. The van der Waals surface area contributed by atoms with E-state index in [1.807, 2.05) is 30.3 Å². The van der Waals surface area contributed by atoms with Crippen molar-refractivity contribution in [1.29, 1.82) is 0 Å². The minimum absolute atomic E-state index is 0.0687. The molecule has 1 atom stereocenters. The third-order valence-electron chi connectivity index (χ3n) is 3.48. The van der Waals surface area contributed by atoms with Gasteiger partial charge in [0.1, 0.15) is 5.75 Å². The molecule has 1 aromatic rings. The predicted molar refractivity (Wildman–Crippen MR) is 81.4 cm³/mol. The molecule has 1 N–H and O–H groups in total. The fraction of sp³-hybridized carbons (Fsp3) is 0.562. The zero-order valence-electron chi connectivity index (χ0n) is 12.6. The zero-order valence-corrected chi connectivity index (χ0v) is 12.6. The van der Waals surface area contributed by atoms with Crippen LogP contribution in [0.5, 0.6) is 5.75 Å². The Labute approximate surface area is 126 Å². The molecule has 0 unspecified atom stereocenters. The minimum atomic E-state index is -0.476. The van der Waals surface area contributed by atoms with Crippen LogP contribution in [0, 0.1) is 0 Å². The van der Waals surface area contributed by atoms with Crippen LogP contribution in [0.1, 0.15) is 13.3 Å². The number of amides is 1. The van der Waals surface area contributed by atoms with E-state index < -0.39 is 6.10 Å². The van der Waals surface area contributed by atoms with Crippen molar-refractivity contribution in [1.82, 2.24) is 10.2 Å². The van der Waals surface area contributed by atoms with E-state index in [0.29, 0.717) is 12.3 Å². The molecule has 5 nitrogen and oxygen atoms in total. The van der Waals surface area contributed by atoms with Gasteiger partial charge in [-0.1, -0.05) is 18.2 Å². The number of nitrogens with one attached hydrogen (secondary N) is 1. The lowest BCUT2D eigenvalue weighted by atomic mass is 10.3. The number of hydrogen-bond donors (Lipinski definition) is 1. The Bertz CT molecular complexity index is 419. The summed E-state index contributed by atoms with van der Waals surface area (Å²) >= 11 is 0. The first-order valence-corrected chi connectivity index (χ1v) is 7.55. The Morgan fingerprint density at radius 2 is 2.05 bits per heavy atom. The van der Waals surface area contributed by atoms with Crippen molar-refractivity contribution in [2.75, 3.05) is 39.4 Å². The number of para-hydroxylation sites is 1. The van der Waals surface area contributed by atoms with E-state index in [1.165, 1.54) is 0 Å². The second-order valence-corrected chi connectivity index (χ2v) is 5.17. The molecule has 0 aromatic heterocycles. The first kappa shape index (κ1) is 15.8. The molecule has 0 aliphatic carbocycles. The van der Waals surface area contributed by atoms with Gasteiger partial charge in [0, 0.05) is 19.6 Å². The van der Waals surface area contributed by atoms with Crippen LogP contribution in [-0.2, 0) is 9.53 Å². The molecule has 0 saturated carbocycles. The van der Waals surface area contributed by atoms with Crippen LogP contribution in [-0.4, -0.2) is 56.3 Å². The van der Waals surface area contributed by atoms with Crippen molar-refractivity contribution in [2.45, 2.75) is 19.4 Å². The van der Waals surface area contributed by atoms with E-state index in [2.05, 4.69) is 10.2 Å². The van der Waals surface area contributed by atoms with Crippen LogP contribution < -0.4 is 10.1 Å². The summed E-state index contributed by atoms with van der Waals surface area (Å²) in [5.74, 6) is 0.647. The molecule has 0 radical (unpaired) electrons. The molecule has 5 heteroatoms.